The van der Waals surface area contributed by atoms with Crippen molar-refractivity contribution in [2.45, 2.75) is 25.4 Å². The largest absolute Gasteiger partial charge is 0.478 e. The standard InChI is InChI=1S/C12H14O3/c13-12(14)10-6-2-1-5-9(10)11-7-3-4-8-15-11/h1-2,5-6,11H,3-4,7-8H2,(H,13,14). The number of carboxylic acids is 1. The Morgan fingerprint density at radius 3 is 2.80 bits per heavy atom. The summed E-state index contributed by atoms with van der Waals surface area (Å²) in [6, 6.07) is 7.09. The number of carboxylic acid groups (broad SMARTS) is 1. The number of ether oxygens (including phenoxy) is 1. The molecule has 0 aromatic heterocycles. The molecule has 0 amide bonds. The maximum atomic E-state index is 11.0. The van der Waals surface area contributed by atoms with Crippen LogP contribution in [0.25, 0.3) is 0 Å². The van der Waals surface area contributed by atoms with Gasteiger partial charge in [-0.05, 0) is 30.9 Å². The lowest BCUT2D eigenvalue weighted by Crippen LogP contribution is -2.14. The van der Waals surface area contributed by atoms with Crippen LogP contribution in [0.1, 0.15) is 41.3 Å². The molecule has 1 aromatic carbocycles. The van der Waals surface area contributed by atoms with E-state index in [2.05, 4.69) is 0 Å². The molecular formula is C12H14O3. The van der Waals surface area contributed by atoms with Crippen LogP contribution in [0, 0.1) is 0 Å². The van der Waals surface area contributed by atoms with Crippen LogP contribution in [-0.4, -0.2) is 17.7 Å². The summed E-state index contributed by atoms with van der Waals surface area (Å²) < 4.78 is 5.59. The highest BCUT2D eigenvalue weighted by molar-refractivity contribution is 5.89. The first-order chi connectivity index (χ1) is 7.29. The van der Waals surface area contributed by atoms with Crippen LogP contribution in [0.5, 0.6) is 0 Å². The fourth-order valence-electron chi connectivity index (χ4n) is 1.96. The van der Waals surface area contributed by atoms with E-state index >= 15 is 0 Å². The molecule has 1 aromatic rings. The first-order valence-corrected chi connectivity index (χ1v) is 5.23. The molecule has 80 valence electrons. The maximum Gasteiger partial charge on any atom is 0.336 e. The Morgan fingerprint density at radius 2 is 2.13 bits per heavy atom. The summed E-state index contributed by atoms with van der Waals surface area (Å²) in [5.41, 5.74) is 1.18. The molecule has 1 unspecified atom stereocenters. The molecule has 1 N–H and O–H groups in total. The number of hydrogen-bond donors (Lipinski definition) is 1. The second-order valence-electron chi connectivity index (χ2n) is 3.75. The topological polar surface area (TPSA) is 46.5 Å². The number of hydrogen-bond acceptors (Lipinski definition) is 2. The van der Waals surface area contributed by atoms with Crippen LogP contribution >= 0.6 is 0 Å². The molecule has 1 heterocycles. The molecule has 1 fully saturated rings. The highest BCUT2D eigenvalue weighted by Gasteiger charge is 2.21. The Kier molecular flexibility index (Phi) is 3.02. The lowest BCUT2D eigenvalue weighted by Gasteiger charge is -2.24. The smallest absolute Gasteiger partial charge is 0.336 e. The Bertz CT molecular complexity index is 354. The lowest BCUT2D eigenvalue weighted by atomic mass is 9.97. The van der Waals surface area contributed by atoms with Crippen molar-refractivity contribution in [3.8, 4) is 0 Å². The molecule has 3 nitrogen and oxygen atoms in total. The van der Waals surface area contributed by atoms with Gasteiger partial charge in [0.2, 0.25) is 0 Å². The second-order valence-corrected chi connectivity index (χ2v) is 3.75. The van der Waals surface area contributed by atoms with E-state index in [1.807, 2.05) is 12.1 Å². The summed E-state index contributed by atoms with van der Waals surface area (Å²) >= 11 is 0. The van der Waals surface area contributed by atoms with Crippen molar-refractivity contribution in [3.63, 3.8) is 0 Å². The SMILES string of the molecule is O=C(O)c1ccccc1C1CCCCO1. The molecule has 3 heteroatoms. The van der Waals surface area contributed by atoms with Gasteiger partial charge in [-0.15, -0.1) is 0 Å². The zero-order valence-corrected chi connectivity index (χ0v) is 8.48. The minimum absolute atomic E-state index is 0.0361. The average Bonchev–Trinajstić information content (AvgIpc) is 2.30. The minimum Gasteiger partial charge on any atom is -0.478 e. The molecule has 0 spiro atoms. The van der Waals surface area contributed by atoms with E-state index in [-0.39, 0.29) is 6.10 Å². The summed E-state index contributed by atoms with van der Waals surface area (Å²) in [4.78, 5) is 11.0. The zero-order chi connectivity index (χ0) is 10.7. The normalized spacial score (nSPS) is 21.2. The van der Waals surface area contributed by atoms with Gasteiger partial charge in [0.15, 0.2) is 0 Å². The van der Waals surface area contributed by atoms with E-state index in [9.17, 15) is 4.79 Å². The molecular weight excluding hydrogens is 192 g/mol. The van der Waals surface area contributed by atoms with E-state index in [1.54, 1.807) is 12.1 Å². The first kappa shape index (κ1) is 10.2. The van der Waals surface area contributed by atoms with Crippen molar-refractivity contribution >= 4 is 5.97 Å². The van der Waals surface area contributed by atoms with Crippen molar-refractivity contribution in [1.29, 1.82) is 0 Å². The summed E-state index contributed by atoms with van der Waals surface area (Å²) in [5.74, 6) is -0.875. The fraction of sp³-hybridized carbons (Fsp3) is 0.417. The molecule has 1 saturated heterocycles. The Labute approximate surface area is 88.7 Å². The average molecular weight is 206 g/mol. The van der Waals surface area contributed by atoms with Crippen LogP contribution in [0.3, 0.4) is 0 Å². The first-order valence-electron chi connectivity index (χ1n) is 5.23. The second kappa shape index (κ2) is 4.45. The fourth-order valence-corrected chi connectivity index (χ4v) is 1.96. The predicted molar refractivity (Wildman–Crippen MR) is 55.9 cm³/mol. The van der Waals surface area contributed by atoms with Gasteiger partial charge in [0, 0.05) is 6.61 Å². The van der Waals surface area contributed by atoms with Gasteiger partial charge >= 0.3 is 5.97 Å². The van der Waals surface area contributed by atoms with Gasteiger partial charge in [-0.2, -0.15) is 0 Å². The van der Waals surface area contributed by atoms with Crippen LogP contribution < -0.4 is 0 Å². The summed E-state index contributed by atoms with van der Waals surface area (Å²) in [6.07, 6.45) is 3.07. The monoisotopic (exact) mass is 206 g/mol. The number of aromatic carboxylic acids is 1. The van der Waals surface area contributed by atoms with Crippen molar-refractivity contribution in [1.82, 2.24) is 0 Å². The summed E-state index contributed by atoms with van der Waals surface area (Å²) in [5, 5.41) is 9.04. The molecule has 1 aliphatic heterocycles. The number of benzene rings is 1. The molecule has 1 atom stereocenters. The van der Waals surface area contributed by atoms with Crippen LogP contribution in [0.15, 0.2) is 24.3 Å². The van der Waals surface area contributed by atoms with E-state index in [4.69, 9.17) is 9.84 Å². The zero-order valence-electron chi connectivity index (χ0n) is 8.48. The van der Waals surface area contributed by atoms with Crippen LogP contribution in [0.4, 0.5) is 0 Å². The minimum atomic E-state index is -0.875. The van der Waals surface area contributed by atoms with Gasteiger partial charge in [-0.1, -0.05) is 18.2 Å². The number of carbonyl (C=O) groups is 1. The van der Waals surface area contributed by atoms with E-state index < -0.39 is 5.97 Å². The van der Waals surface area contributed by atoms with Crippen molar-refractivity contribution in [2.75, 3.05) is 6.61 Å². The third-order valence-electron chi connectivity index (χ3n) is 2.72. The quantitative estimate of drug-likeness (QED) is 0.809. The van der Waals surface area contributed by atoms with Crippen molar-refractivity contribution < 1.29 is 14.6 Å². The molecule has 2 rings (SSSR count). The highest BCUT2D eigenvalue weighted by atomic mass is 16.5. The van der Waals surface area contributed by atoms with E-state index in [1.165, 1.54) is 0 Å². The van der Waals surface area contributed by atoms with E-state index in [0.29, 0.717) is 5.56 Å². The van der Waals surface area contributed by atoms with Crippen molar-refractivity contribution in [2.24, 2.45) is 0 Å². The van der Waals surface area contributed by atoms with Gasteiger partial charge in [-0.25, -0.2) is 4.79 Å². The van der Waals surface area contributed by atoms with Gasteiger partial charge < -0.3 is 9.84 Å². The van der Waals surface area contributed by atoms with E-state index in [0.717, 1.165) is 31.4 Å². The molecule has 0 radical (unpaired) electrons. The predicted octanol–water partition coefficient (Wildman–Crippen LogP) is 2.63. The Morgan fingerprint density at radius 1 is 1.33 bits per heavy atom. The molecule has 0 saturated carbocycles. The Hall–Kier alpha value is -1.35. The maximum absolute atomic E-state index is 11.0. The van der Waals surface area contributed by atoms with Gasteiger partial charge in [-0.3, -0.25) is 0 Å². The third-order valence-corrected chi connectivity index (χ3v) is 2.72. The lowest BCUT2D eigenvalue weighted by molar-refractivity contribution is 0.0139. The van der Waals surface area contributed by atoms with Crippen molar-refractivity contribution in [3.05, 3.63) is 35.4 Å². The summed E-state index contributed by atoms with van der Waals surface area (Å²) in [7, 11) is 0. The Balaban J connectivity index is 2.29. The molecule has 15 heavy (non-hydrogen) atoms. The van der Waals surface area contributed by atoms with Crippen LogP contribution in [0.2, 0.25) is 0 Å². The van der Waals surface area contributed by atoms with Gasteiger partial charge in [0.1, 0.15) is 0 Å². The molecule has 0 bridgehead atoms. The number of rotatable bonds is 2. The third kappa shape index (κ3) is 2.18. The van der Waals surface area contributed by atoms with Crippen LogP contribution in [-0.2, 0) is 4.74 Å². The molecule has 0 aliphatic carbocycles. The van der Waals surface area contributed by atoms with Gasteiger partial charge in [0.25, 0.3) is 0 Å². The summed E-state index contributed by atoms with van der Waals surface area (Å²) in [6.45, 7) is 0.735. The molecule has 1 aliphatic rings. The van der Waals surface area contributed by atoms with Gasteiger partial charge in [0.05, 0.1) is 11.7 Å². The highest BCUT2D eigenvalue weighted by Crippen LogP contribution is 2.29.